The fraction of sp³-hybridized carbons (Fsp3) is 0.143. The molecule has 1 aromatic heterocycles. The molecule has 1 heterocycles. The first-order valence-corrected chi connectivity index (χ1v) is 6.77. The topological polar surface area (TPSA) is 87.7 Å². The summed E-state index contributed by atoms with van der Waals surface area (Å²) in [5.74, 6) is -1.29. The molecule has 0 aliphatic carbocycles. The standard InChI is InChI=1S/C14H13NO5S/c1-19-10-7-8(14(17)18)6-9(12(10)20-2)15-13(16)11-4-3-5-21-11/h3-7H,1-2H3,(H,15,16)(H,17,18)/p-1. The van der Waals surface area contributed by atoms with E-state index in [2.05, 4.69) is 5.32 Å². The summed E-state index contributed by atoms with van der Waals surface area (Å²) in [6, 6.07) is 5.94. The van der Waals surface area contributed by atoms with Crippen LogP contribution in [0, 0.1) is 0 Å². The summed E-state index contributed by atoms with van der Waals surface area (Å²) in [5, 5.41) is 15.4. The van der Waals surface area contributed by atoms with Crippen molar-refractivity contribution in [1.29, 1.82) is 0 Å². The van der Waals surface area contributed by atoms with Crippen molar-refractivity contribution >= 4 is 28.9 Å². The predicted molar refractivity (Wildman–Crippen MR) is 76.1 cm³/mol. The van der Waals surface area contributed by atoms with Crippen LogP contribution in [-0.2, 0) is 0 Å². The van der Waals surface area contributed by atoms with Crippen LogP contribution in [0.5, 0.6) is 11.5 Å². The van der Waals surface area contributed by atoms with Gasteiger partial charge in [-0.3, -0.25) is 4.79 Å². The van der Waals surface area contributed by atoms with Gasteiger partial charge in [0.05, 0.1) is 30.8 Å². The van der Waals surface area contributed by atoms with Crippen LogP contribution in [0.25, 0.3) is 0 Å². The van der Waals surface area contributed by atoms with Gasteiger partial charge in [0, 0.05) is 5.56 Å². The second-order valence-electron chi connectivity index (χ2n) is 3.98. The molecular formula is C14H12NO5S-. The number of carbonyl (C=O) groups is 2. The number of carbonyl (C=O) groups excluding carboxylic acids is 2. The first kappa shape index (κ1) is 14.9. The molecule has 1 N–H and O–H groups in total. The highest BCUT2D eigenvalue weighted by Gasteiger charge is 2.16. The van der Waals surface area contributed by atoms with E-state index in [0.717, 1.165) is 0 Å². The minimum atomic E-state index is -1.37. The minimum absolute atomic E-state index is 0.117. The summed E-state index contributed by atoms with van der Waals surface area (Å²) in [6.45, 7) is 0. The van der Waals surface area contributed by atoms with Gasteiger partial charge in [0.1, 0.15) is 0 Å². The van der Waals surface area contributed by atoms with Gasteiger partial charge in [0.25, 0.3) is 5.91 Å². The van der Waals surface area contributed by atoms with Crippen molar-refractivity contribution < 1.29 is 24.2 Å². The molecule has 2 aromatic rings. The van der Waals surface area contributed by atoms with Crippen LogP contribution in [0.2, 0.25) is 0 Å². The van der Waals surface area contributed by atoms with Crippen molar-refractivity contribution in [2.24, 2.45) is 0 Å². The molecule has 1 amide bonds. The van der Waals surface area contributed by atoms with Crippen molar-refractivity contribution in [2.75, 3.05) is 19.5 Å². The lowest BCUT2D eigenvalue weighted by atomic mass is 10.1. The molecule has 2 rings (SSSR count). The highest BCUT2D eigenvalue weighted by molar-refractivity contribution is 7.12. The van der Waals surface area contributed by atoms with E-state index < -0.39 is 5.97 Å². The largest absolute Gasteiger partial charge is 0.545 e. The summed E-state index contributed by atoms with van der Waals surface area (Å²) < 4.78 is 10.2. The number of benzene rings is 1. The number of nitrogens with one attached hydrogen (secondary N) is 1. The Morgan fingerprint density at radius 3 is 2.52 bits per heavy atom. The van der Waals surface area contributed by atoms with Crippen LogP contribution < -0.4 is 19.9 Å². The second kappa shape index (κ2) is 6.27. The number of carboxylic acids is 1. The van der Waals surface area contributed by atoms with E-state index in [1.165, 1.54) is 37.7 Å². The van der Waals surface area contributed by atoms with Gasteiger partial charge in [-0.05, 0) is 23.6 Å². The summed E-state index contributed by atoms with van der Waals surface area (Å²) >= 11 is 1.27. The third kappa shape index (κ3) is 3.14. The highest BCUT2D eigenvalue weighted by Crippen LogP contribution is 2.36. The maximum absolute atomic E-state index is 12.1. The molecule has 0 saturated heterocycles. The van der Waals surface area contributed by atoms with E-state index in [0.29, 0.717) is 4.88 Å². The zero-order valence-electron chi connectivity index (χ0n) is 11.3. The summed E-state index contributed by atoms with van der Waals surface area (Å²) in [6.07, 6.45) is 0. The number of hydrogen-bond acceptors (Lipinski definition) is 6. The third-order valence-corrected chi connectivity index (χ3v) is 3.58. The average molecular weight is 306 g/mol. The molecule has 0 fully saturated rings. The van der Waals surface area contributed by atoms with Crippen molar-refractivity contribution in [3.05, 3.63) is 40.1 Å². The van der Waals surface area contributed by atoms with Gasteiger partial charge in [-0.2, -0.15) is 0 Å². The molecule has 7 heteroatoms. The Morgan fingerprint density at radius 1 is 1.24 bits per heavy atom. The zero-order valence-corrected chi connectivity index (χ0v) is 12.2. The van der Waals surface area contributed by atoms with Crippen LogP contribution in [-0.4, -0.2) is 26.1 Å². The number of thiophene rings is 1. The predicted octanol–water partition coefficient (Wildman–Crippen LogP) is 1.38. The maximum atomic E-state index is 12.1. The number of anilines is 1. The van der Waals surface area contributed by atoms with E-state index in [1.807, 2.05) is 0 Å². The Hall–Kier alpha value is -2.54. The molecule has 0 radical (unpaired) electrons. The highest BCUT2D eigenvalue weighted by atomic mass is 32.1. The van der Waals surface area contributed by atoms with Crippen molar-refractivity contribution in [1.82, 2.24) is 0 Å². The molecule has 0 aliphatic rings. The molecule has 0 unspecified atom stereocenters. The molecule has 0 spiro atoms. The Kier molecular flexibility index (Phi) is 4.44. The van der Waals surface area contributed by atoms with Crippen molar-refractivity contribution in [3.63, 3.8) is 0 Å². The van der Waals surface area contributed by atoms with E-state index >= 15 is 0 Å². The Morgan fingerprint density at radius 2 is 2.00 bits per heavy atom. The van der Waals surface area contributed by atoms with Crippen LogP contribution in [0.4, 0.5) is 5.69 Å². The van der Waals surface area contributed by atoms with Gasteiger partial charge < -0.3 is 24.7 Å². The third-order valence-electron chi connectivity index (χ3n) is 2.71. The number of methoxy groups -OCH3 is 2. The Labute approximate surface area is 124 Å². The monoisotopic (exact) mass is 306 g/mol. The fourth-order valence-corrected chi connectivity index (χ4v) is 2.39. The fourth-order valence-electron chi connectivity index (χ4n) is 1.77. The summed E-state index contributed by atoms with van der Waals surface area (Å²) in [5.41, 5.74) is 0.0866. The molecule has 1 aromatic carbocycles. The van der Waals surface area contributed by atoms with Gasteiger partial charge in [0.2, 0.25) is 0 Å². The van der Waals surface area contributed by atoms with Gasteiger partial charge >= 0.3 is 0 Å². The summed E-state index contributed by atoms with van der Waals surface area (Å²) in [4.78, 5) is 23.6. The molecule has 0 saturated carbocycles. The van der Waals surface area contributed by atoms with E-state index in [1.54, 1.807) is 17.5 Å². The van der Waals surface area contributed by atoms with E-state index in [9.17, 15) is 14.7 Å². The number of amides is 1. The number of ether oxygens (including phenoxy) is 2. The number of rotatable bonds is 5. The molecule has 6 nitrogen and oxygen atoms in total. The van der Waals surface area contributed by atoms with Crippen molar-refractivity contribution in [2.45, 2.75) is 0 Å². The Balaban J connectivity index is 2.43. The van der Waals surface area contributed by atoms with Crippen LogP contribution in [0.1, 0.15) is 20.0 Å². The van der Waals surface area contributed by atoms with E-state index in [4.69, 9.17) is 9.47 Å². The number of aromatic carboxylic acids is 1. The molecular weight excluding hydrogens is 294 g/mol. The minimum Gasteiger partial charge on any atom is -0.545 e. The molecule has 21 heavy (non-hydrogen) atoms. The maximum Gasteiger partial charge on any atom is 0.265 e. The molecule has 0 atom stereocenters. The lowest BCUT2D eigenvalue weighted by Crippen LogP contribution is -2.23. The molecule has 0 bridgehead atoms. The first-order chi connectivity index (χ1) is 10.1. The SMILES string of the molecule is COc1cc(C(=O)[O-])cc(NC(=O)c2cccs2)c1OC. The quantitative estimate of drug-likeness (QED) is 0.901. The lowest BCUT2D eigenvalue weighted by molar-refractivity contribution is -0.255. The smallest absolute Gasteiger partial charge is 0.265 e. The van der Waals surface area contributed by atoms with Crippen LogP contribution in [0.15, 0.2) is 29.6 Å². The van der Waals surface area contributed by atoms with E-state index in [-0.39, 0.29) is 28.7 Å². The number of carboxylic acid groups (broad SMARTS) is 1. The first-order valence-electron chi connectivity index (χ1n) is 5.89. The number of hydrogen-bond donors (Lipinski definition) is 1. The average Bonchev–Trinajstić information content (AvgIpc) is 3.00. The van der Waals surface area contributed by atoms with Crippen molar-refractivity contribution in [3.8, 4) is 11.5 Å². The van der Waals surface area contributed by atoms with Gasteiger partial charge in [-0.1, -0.05) is 6.07 Å². The van der Waals surface area contributed by atoms with Crippen LogP contribution >= 0.6 is 11.3 Å². The normalized spacial score (nSPS) is 10.0. The lowest BCUT2D eigenvalue weighted by Gasteiger charge is -2.16. The summed E-state index contributed by atoms with van der Waals surface area (Å²) in [7, 11) is 2.78. The molecule has 110 valence electrons. The second-order valence-corrected chi connectivity index (χ2v) is 4.93. The van der Waals surface area contributed by atoms with Gasteiger partial charge in [-0.15, -0.1) is 11.3 Å². The molecule has 0 aliphatic heterocycles. The van der Waals surface area contributed by atoms with Gasteiger partial charge in [0.15, 0.2) is 11.5 Å². The van der Waals surface area contributed by atoms with Gasteiger partial charge in [-0.25, -0.2) is 0 Å². The van der Waals surface area contributed by atoms with Crippen LogP contribution in [0.3, 0.4) is 0 Å². The zero-order chi connectivity index (χ0) is 15.4. The Bertz CT molecular complexity index is 666.